The van der Waals surface area contributed by atoms with Crippen LogP contribution in [0.4, 0.5) is 0 Å². The molecule has 0 unspecified atom stereocenters. The van der Waals surface area contributed by atoms with Gasteiger partial charge in [-0.15, -0.1) is 11.3 Å². The Balaban J connectivity index is 1.38. The number of nitriles is 1. The number of methoxy groups -OCH3 is 2. The summed E-state index contributed by atoms with van der Waals surface area (Å²) in [4.78, 5) is 44.2. The van der Waals surface area contributed by atoms with Crippen LogP contribution in [0.25, 0.3) is 17.3 Å². The van der Waals surface area contributed by atoms with E-state index in [4.69, 9.17) is 9.47 Å². The number of nitrogens with zero attached hydrogens (tertiary/aromatic N) is 4. The first-order valence-electron chi connectivity index (χ1n) is 15.8. The molecule has 0 aliphatic carbocycles. The molecule has 246 valence electrons. The predicted octanol–water partition coefficient (Wildman–Crippen LogP) is 4.13. The Morgan fingerprint density at radius 1 is 0.816 bits per heavy atom. The highest BCUT2D eigenvalue weighted by Crippen LogP contribution is 2.29. The molecule has 1 saturated heterocycles. The Labute approximate surface area is 287 Å². The second-order valence-electron chi connectivity index (χ2n) is 11.4. The highest BCUT2D eigenvalue weighted by atomic mass is 32.1. The lowest BCUT2D eigenvalue weighted by atomic mass is 9.96. The van der Waals surface area contributed by atoms with Gasteiger partial charge in [0, 0.05) is 26.2 Å². The molecule has 0 atom stereocenters. The van der Waals surface area contributed by atoms with Crippen molar-refractivity contribution in [2.45, 2.75) is 6.04 Å². The van der Waals surface area contributed by atoms with E-state index in [9.17, 15) is 19.6 Å². The van der Waals surface area contributed by atoms with Crippen molar-refractivity contribution < 1.29 is 19.1 Å². The van der Waals surface area contributed by atoms with Gasteiger partial charge in [-0.2, -0.15) is 5.26 Å². The van der Waals surface area contributed by atoms with Gasteiger partial charge in [-0.3, -0.25) is 19.1 Å². The Morgan fingerprint density at radius 2 is 1.41 bits per heavy atom. The van der Waals surface area contributed by atoms with Gasteiger partial charge >= 0.3 is 5.97 Å². The van der Waals surface area contributed by atoms with Gasteiger partial charge in [0.1, 0.15) is 16.5 Å². The number of hydrogen-bond donors (Lipinski definition) is 0. The number of hydrogen-bond acceptors (Lipinski definition) is 8. The summed E-state index contributed by atoms with van der Waals surface area (Å²) in [5, 5.41) is 10.5. The highest BCUT2D eigenvalue weighted by Gasteiger charge is 2.30. The molecule has 5 aromatic rings. The van der Waals surface area contributed by atoms with E-state index in [1.165, 1.54) is 29.9 Å². The smallest absolute Gasteiger partial charge is 0.337 e. The molecule has 1 aliphatic heterocycles. The molecular weight excluding hydrogens is 637 g/mol. The molecule has 0 N–H and O–H groups in total. The molecule has 4 aromatic carbocycles. The van der Waals surface area contributed by atoms with Crippen molar-refractivity contribution in [3.63, 3.8) is 0 Å². The van der Waals surface area contributed by atoms with Crippen LogP contribution in [-0.4, -0.2) is 66.6 Å². The van der Waals surface area contributed by atoms with Crippen molar-refractivity contribution >= 4 is 34.9 Å². The van der Waals surface area contributed by atoms with Crippen LogP contribution in [0.2, 0.25) is 0 Å². The topological polar surface area (TPSA) is 105 Å². The van der Waals surface area contributed by atoms with Gasteiger partial charge in [0.15, 0.2) is 5.57 Å². The molecule has 49 heavy (non-hydrogen) atoms. The summed E-state index contributed by atoms with van der Waals surface area (Å²) in [5.41, 5.74) is 3.27. The summed E-state index contributed by atoms with van der Waals surface area (Å²) < 4.78 is 12.3. The first-order valence-corrected chi connectivity index (χ1v) is 16.6. The molecule has 0 bridgehead atoms. The standard InChI is InChI=1S/C39H34N4O5S/c1-47-33-16-10-9-15-32(33)43-37(45)34(25-27-17-19-30(20-18-27)39(46)48-2)49-38(43)31(26-40)36(44)42-23-21-41(22-24-42)35(28-11-5-3-6-12-28)29-13-7-4-8-14-29/h3-20,25,35H,21-24H2,1-2H3/b34-25+,38-31+. The van der Waals surface area contributed by atoms with Crippen LogP contribution in [0.1, 0.15) is 33.1 Å². The van der Waals surface area contributed by atoms with Gasteiger partial charge in [0.05, 0.1) is 36.0 Å². The van der Waals surface area contributed by atoms with Crippen molar-refractivity contribution in [2.75, 3.05) is 40.4 Å². The number of amides is 1. The lowest BCUT2D eigenvalue weighted by Crippen LogP contribution is -2.50. The van der Waals surface area contributed by atoms with E-state index < -0.39 is 17.4 Å². The lowest BCUT2D eigenvalue weighted by molar-refractivity contribution is -0.126. The van der Waals surface area contributed by atoms with E-state index in [0.717, 1.165) is 11.3 Å². The maximum absolute atomic E-state index is 14.1. The van der Waals surface area contributed by atoms with E-state index in [0.29, 0.717) is 53.3 Å². The normalized spacial score (nSPS) is 14.3. The average molecular weight is 671 g/mol. The second-order valence-corrected chi connectivity index (χ2v) is 12.4. The minimum atomic E-state index is -0.466. The zero-order chi connectivity index (χ0) is 34.3. The van der Waals surface area contributed by atoms with Crippen molar-refractivity contribution in [3.8, 4) is 17.5 Å². The molecule has 1 aromatic heterocycles. The molecule has 1 fully saturated rings. The van der Waals surface area contributed by atoms with E-state index in [-0.39, 0.29) is 16.3 Å². The van der Waals surface area contributed by atoms with Crippen LogP contribution in [0.5, 0.6) is 5.75 Å². The summed E-state index contributed by atoms with van der Waals surface area (Å²) in [6.07, 6.45) is 1.68. The minimum absolute atomic E-state index is 0.0203. The maximum atomic E-state index is 14.1. The summed E-state index contributed by atoms with van der Waals surface area (Å²) in [6.45, 7) is 2.03. The zero-order valence-electron chi connectivity index (χ0n) is 27.1. The second kappa shape index (κ2) is 15.0. The van der Waals surface area contributed by atoms with Gasteiger partial charge in [0.2, 0.25) is 0 Å². The molecule has 10 heteroatoms. The number of para-hydroxylation sites is 2. The number of carbonyl (C=O) groups excluding carboxylic acids is 2. The van der Waals surface area contributed by atoms with E-state index in [1.807, 2.05) is 36.4 Å². The summed E-state index contributed by atoms with van der Waals surface area (Å²) in [6, 6.07) is 36.4. The van der Waals surface area contributed by atoms with Crippen molar-refractivity contribution in [3.05, 3.63) is 151 Å². The molecular formula is C39H34N4O5S. The first-order chi connectivity index (χ1) is 23.9. The third-order valence-electron chi connectivity index (χ3n) is 8.52. The fourth-order valence-corrected chi connectivity index (χ4v) is 7.17. The number of piperazine rings is 1. The van der Waals surface area contributed by atoms with Crippen LogP contribution in [-0.2, 0) is 9.53 Å². The monoisotopic (exact) mass is 670 g/mol. The van der Waals surface area contributed by atoms with Gasteiger partial charge in [0.25, 0.3) is 11.5 Å². The van der Waals surface area contributed by atoms with E-state index >= 15 is 0 Å². The fraction of sp³-hybridized carbons (Fsp3) is 0.179. The molecule has 0 saturated carbocycles. The molecule has 9 nitrogen and oxygen atoms in total. The Morgan fingerprint density at radius 3 is 1.98 bits per heavy atom. The van der Waals surface area contributed by atoms with Gasteiger partial charge in [-0.25, -0.2) is 4.79 Å². The number of carbonyl (C=O) groups is 2. The van der Waals surface area contributed by atoms with Crippen LogP contribution >= 0.6 is 11.3 Å². The fourth-order valence-electron chi connectivity index (χ4n) is 6.08. The molecule has 0 radical (unpaired) electrons. The number of aromatic nitrogens is 1. The van der Waals surface area contributed by atoms with Gasteiger partial charge in [-0.05, 0) is 47.0 Å². The van der Waals surface area contributed by atoms with Crippen molar-refractivity contribution in [1.29, 1.82) is 5.26 Å². The highest BCUT2D eigenvalue weighted by molar-refractivity contribution is 7.07. The predicted molar refractivity (Wildman–Crippen MR) is 189 cm³/mol. The molecule has 0 spiro atoms. The SMILES string of the molecule is COC(=O)c1ccc(/C=c2/s/c(=C(\C#N)C(=O)N3CCN(C(c4ccccc4)c4ccccc4)CC3)n(-c3ccccc3OC)c2=O)cc1. The Bertz CT molecular complexity index is 2140. The summed E-state index contributed by atoms with van der Waals surface area (Å²) in [5.74, 6) is -0.479. The van der Waals surface area contributed by atoms with Crippen LogP contribution in [0.15, 0.2) is 114 Å². The van der Waals surface area contributed by atoms with Crippen molar-refractivity contribution in [2.24, 2.45) is 0 Å². The Kier molecular flexibility index (Phi) is 10.1. The van der Waals surface area contributed by atoms with Gasteiger partial charge < -0.3 is 14.4 Å². The quantitative estimate of drug-likeness (QED) is 0.229. The third-order valence-corrected chi connectivity index (χ3v) is 9.61. The number of esters is 1. The lowest BCUT2D eigenvalue weighted by Gasteiger charge is -2.39. The van der Waals surface area contributed by atoms with Crippen LogP contribution in [0, 0.1) is 11.3 Å². The van der Waals surface area contributed by atoms with Crippen LogP contribution < -0.4 is 19.5 Å². The van der Waals surface area contributed by atoms with Crippen molar-refractivity contribution in [1.82, 2.24) is 14.4 Å². The Hall–Kier alpha value is -5.76. The summed E-state index contributed by atoms with van der Waals surface area (Å²) >= 11 is 1.07. The van der Waals surface area contributed by atoms with E-state index in [1.54, 1.807) is 59.5 Å². The number of thiazole rings is 1. The number of ether oxygens (including phenoxy) is 2. The zero-order valence-corrected chi connectivity index (χ0v) is 27.9. The number of rotatable bonds is 8. The summed E-state index contributed by atoms with van der Waals surface area (Å²) in [7, 11) is 2.82. The maximum Gasteiger partial charge on any atom is 0.337 e. The molecule has 2 heterocycles. The minimum Gasteiger partial charge on any atom is -0.495 e. The molecule has 6 rings (SSSR count). The molecule has 1 aliphatic rings. The van der Waals surface area contributed by atoms with Crippen LogP contribution in [0.3, 0.4) is 0 Å². The molecule has 1 amide bonds. The number of benzene rings is 4. The largest absolute Gasteiger partial charge is 0.495 e. The average Bonchev–Trinajstić information content (AvgIpc) is 3.47. The third kappa shape index (κ3) is 6.94. The van der Waals surface area contributed by atoms with E-state index in [2.05, 4.69) is 35.2 Å². The van der Waals surface area contributed by atoms with Gasteiger partial charge in [-0.1, -0.05) is 84.9 Å². The first kappa shape index (κ1) is 33.2.